The minimum atomic E-state index is -0.364. The Bertz CT molecular complexity index is 347. The second-order valence-corrected chi connectivity index (χ2v) is 4.43. The van der Waals surface area contributed by atoms with Gasteiger partial charge in [-0.25, -0.2) is 0 Å². The molecule has 0 fully saturated rings. The average Bonchev–Trinajstić information content (AvgIpc) is 2.33. The van der Waals surface area contributed by atoms with Gasteiger partial charge in [0.1, 0.15) is 0 Å². The van der Waals surface area contributed by atoms with Gasteiger partial charge in [0, 0.05) is 12.6 Å². The summed E-state index contributed by atoms with van der Waals surface area (Å²) in [5, 5.41) is 10.1. The van der Waals surface area contributed by atoms with Crippen LogP contribution >= 0.6 is 0 Å². The van der Waals surface area contributed by atoms with Crippen molar-refractivity contribution in [1.29, 1.82) is 0 Å². The van der Waals surface area contributed by atoms with Gasteiger partial charge in [0.2, 0.25) is 0 Å². The number of benzene rings is 1. The Hall–Kier alpha value is -1.12. The van der Waals surface area contributed by atoms with Crippen molar-refractivity contribution in [3.63, 3.8) is 0 Å². The van der Waals surface area contributed by atoms with Crippen LogP contribution in [0.15, 0.2) is 42.5 Å². The molecule has 1 aliphatic heterocycles. The van der Waals surface area contributed by atoms with Crippen LogP contribution in [-0.2, 0) is 0 Å². The van der Waals surface area contributed by atoms with E-state index in [-0.39, 0.29) is 6.10 Å². The van der Waals surface area contributed by atoms with Crippen LogP contribution in [0.25, 0.3) is 0 Å². The molecule has 0 aliphatic carbocycles. The molecule has 0 spiro atoms. The zero-order chi connectivity index (χ0) is 11.4. The van der Waals surface area contributed by atoms with Gasteiger partial charge in [-0.3, -0.25) is 4.90 Å². The fraction of sp³-hybridized carbons (Fsp3) is 0.429. The molecule has 0 saturated heterocycles. The lowest BCUT2D eigenvalue weighted by Gasteiger charge is -2.30. The first kappa shape index (κ1) is 11.4. The number of likely N-dealkylation sites (N-methyl/N-ethyl adjacent to an activating group) is 1. The van der Waals surface area contributed by atoms with Crippen molar-refractivity contribution in [3.05, 3.63) is 48.0 Å². The average molecular weight is 217 g/mol. The molecular formula is C14H19NO. The second kappa shape index (κ2) is 5.28. The number of hydrogen-bond donors (Lipinski definition) is 1. The zero-order valence-electron chi connectivity index (χ0n) is 9.71. The third-order valence-corrected chi connectivity index (χ3v) is 3.22. The van der Waals surface area contributed by atoms with Gasteiger partial charge >= 0.3 is 0 Å². The zero-order valence-corrected chi connectivity index (χ0v) is 9.71. The standard InChI is InChI=1S/C14H19NO/c1-15-10-6-5-9-13(15)11-14(16)12-7-3-2-4-8-12/h2-5,7-9,13-14,16H,6,10-11H2,1H3/t13-,14+/m0/s1. The molecule has 0 unspecified atom stereocenters. The Morgan fingerprint density at radius 2 is 2.12 bits per heavy atom. The summed E-state index contributed by atoms with van der Waals surface area (Å²) < 4.78 is 0. The van der Waals surface area contributed by atoms with Crippen LogP contribution in [0.2, 0.25) is 0 Å². The van der Waals surface area contributed by atoms with Gasteiger partial charge < -0.3 is 5.11 Å². The molecule has 2 rings (SSSR count). The predicted octanol–water partition coefficient (Wildman–Crippen LogP) is 2.37. The molecule has 2 heteroatoms. The van der Waals surface area contributed by atoms with Crippen LogP contribution in [0, 0.1) is 0 Å². The summed E-state index contributed by atoms with van der Waals surface area (Å²) in [5.74, 6) is 0. The highest BCUT2D eigenvalue weighted by molar-refractivity contribution is 5.18. The molecule has 0 saturated carbocycles. The molecule has 0 bridgehead atoms. The van der Waals surface area contributed by atoms with E-state index in [1.165, 1.54) is 0 Å². The maximum absolute atomic E-state index is 10.1. The Morgan fingerprint density at radius 1 is 1.38 bits per heavy atom. The van der Waals surface area contributed by atoms with Gasteiger partial charge in [-0.2, -0.15) is 0 Å². The summed E-state index contributed by atoms with van der Waals surface area (Å²) >= 11 is 0. The summed E-state index contributed by atoms with van der Waals surface area (Å²) in [6, 6.07) is 10.2. The monoisotopic (exact) mass is 217 g/mol. The third kappa shape index (κ3) is 2.71. The molecule has 1 aromatic rings. The van der Waals surface area contributed by atoms with E-state index in [4.69, 9.17) is 0 Å². The molecule has 0 aromatic heterocycles. The molecule has 16 heavy (non-hydrogen) atoms. The van der Waals surface area contributed by atoms with Gasteiger partial charge in [0.25, 0.3) is 0 Å². The van der Waals surface area contributed by atoms with Crippen molar-refractivity contribution in [2.45, 2.75) is 25.0 Å². The number of aliphatic hydroxyl groups excluding tert-OH is 1. The van der Waals surface area contributed by atoms with E-state index < -0.39 is 0 Å². The van der Waals surface area contributed by atoms with Crippen LogP contribution in [0.1, 0.15) is 24.5 Å². The van der Waals surface area contributed by atoms with Crippen molar-refractivity contribution < 1.29 is 5.11 Å². The van der Waals surface area contributed by atoms with Gasteiger partial charge in [-0.05, 0) is 25.5 Å². The summed E-state index contributed by atoms with van der Waals surface area (Å²) in [7, 11) is 2.12. The fourth-order valence-electron chi connectivity index (χ4n) is 2.14. The first-order valence-electron chi connectivity index (χ1n) is 5.87. The molecule has 0 radical (unpaired) electrons. The quantitative estimate of drug-likeness (QED) is 0.786. The minimum absolute atomic E-state index is 0.364. The van der Waals surface area contributed by atoms with E-state index in [1.54, 1.807) is 0 Å². The van der Waals surface area contributed by atoms with E-state index in [0.717, 1.165) is 24.9 Å². The Balaban J connectivity index is 1.99. The normalized spacial score (nSPS) is 23.2. The molecule has 2 atom stereocenters. The summed E-state index contributed by atoms with van der Waals surface area (Å²) in [5.41, 5.74) is 1.01. The van der Waals surface area contributed by atoms with Crippen molar-refractivity contribution in [2.24, 2.45) is 0 Å². The Kier molecular flexibility index (Phi) is 3.75. The van der Waals surface area contributed by atoms with Crippen molar-refractivity contribution in [3.8, 4) is 0 Å². The fourth-order valence-corrected chi connectivity index (χ4v) is 2.14. The SMILES string of the molecule is CN1CCC=C[C@H]1C[C@@H](O)c1ccccc1. The lowest BCUT2D eigenvalue weighted by atomic mass is 9.99. The molecule has 0 amide bonds. The number of nitrogens with zero attached hydrogens (tertiary/aromatic N) is 1. The van der Waals surface area contributed by atoms with E-state index in [9.17, 15) is 5.11 Å². The molecule has 1 aliphatic rings. The van der Waals surface area contributed by atoms with Crippen molar-refractivity contribution in [1.82, 2.24) is 4.90 Å². The summed E-state index contributed by atoms with van der Waals surface area (Å²) in [6.45, 7) is 1.09. The Morgan fingerprint density at radius 3 is 2.81 bits per heavy atom. The minimum Gasteiger partial charge on any atom is -0.388 e. The smallest absolute Gasteiger partial charge is 0.0808 e. The van der Waals surface area contributed by atoms with Crippen LogP contribution in [0.3, 0.4) is 0 Å². The number of hydrogen-bond acceptors (Lipinski definition) is 2. The van der Waals surface area contributed by atoms with Gasteiger partial charge in [0.15, 0.2) is 0 Å². The van der Waals surface area contributed by atoms with E-state index >= 15 is 0 Å². The van der Waals surface area contributed by atoms with Crippen molar-refractivity contribution in [2.75, 3.05) is 13.6 Å². The molecule has 1 N–H and O–H groups in total. The molecule has 2 nitrogen and oxygen atoms in total. The predicted molar refractivity (Wildman–Crippen MR) is 66.2 cm³/mol. The molecule has 1 aromatic carbocycles. The highest BCUT2D eigenvalue weighted by Gasteiger charge is 2.19. The third-order valence-electron chi connectivity index (χ3n) is 3.22. The van der Waals surface area contributed by atoms with E-state index in [1.807, 2.05) is 30.3 Å². The van der Waals surface area contributed by atoms with Gasteiger partial charge in [-0.1, -0.05) is 42.5 Å². The highest BCUT2D eigenvalue weighted by atomic mass is 16.3. The Labute approximate surface area is 97.2 Å². The lowest BCUT2D eigenvalue weighted by molar-refractivity contribution is 0.128. The van der Waals surface area contributed by atoms with Gasteiger partial charge in [0.05, 0.1) is 6.10 Å². The number of aliphatic hydroxyl groups is 1. The summed E-state index contributed by atoms with van der Waals surface area (Å²) in [4.78, 5) is 2.30. The first-order chi connectivity index (χ1) is 7.77. The molecule has 1 heterocycles. The maximum atomic E-state index is 10.1. The largest absolute Gasteiger partial charge is 0.388 e. The summed E-state index contributed by atoms with van der Waals surface area (Å²) in [6.07, 6.45) is 5.94. The van der Waals surface area contributed by atoms with Gasteiger partial charge in [-0.15, -0.1) is 0 Å². The van der Waals surface area contributed by atoms with Crippen molar-refractivity contribution >= 4 is 0 Å². The molecule has 86 valence electrons. The van der Waals surface area contributed by atoms with Crippen LogP contribution in [-0.4, -0.2) is 29.6 Å². The van der Waals surface area contributed by atoms with E-state index in [0.29, 0.717) is 6.04 Å². The first-order valence-corrected chi connectivity index (χ1v) is 5.87. The van der Waals surface area contributed by atoms with Crippen LogP contribution in [0.4, 0.5) is 0 Å². The highest BCUT2D eigenvalue weighted by Crippen LogP contribution is 2.22. The topological polar surface area (TPSA) is 23.5 Å². The number of rotatable bonds is 3. The molecular weight excluding hydrogens is 198 g/mol. The maximum Gasteiger partial charge on any atom is 0.0808 e. The lowest BCUT2D eigenvalue weighted by Crippen LogP contribution is -2.34. The van der Waals surface area contributed by atoms with Crippen LogP contribution < -0.4 is 0 Å². The van der Waals surface area contributed by atoms with E-state index in [2.05, 4.69) is 24.1 Å². The second-order valence-electron chi connectivity index (χ2n) is 4.43. The van der Waals surface area contributed by atoms with Crippen LogP contribution in [0.5, 0.6) is 0 Å².